The monoisotopic (exact) mass is 560 g/mol. The van der Waals surface area contributed by atoms with Gasteiger partial charge in [-0.1, -0.05) is 0 Å². The Kier molecular flexibility index (Phi) is 5.09. The fraction of sp³-hybridized carbons (Fsp3) is 0. The van der Waals surface area contributed by atoms with Crippen molar-refractivity contribution in [2.45, 2.75) is 9.79 Å². The maximum Gasteiger partial charge on any atom is 0.208 e. The molecule has 0 bridgehead atoms. The highest BCUT2D eigenvalue weighted by molar-refractivity contribution is 9.14. The molecule has 0 radical (unpaired) electrons. The Hall–Kier alpha value is -0.0900. The molecule has 0 aliphatic carbocycles. The number of nitrogens with two attached hydrogens (primary N) is 2. The lowest BCUT2D eigenvalue weighted by molar-refractivity contribution is 0.595. The molecule has 0 aromatic heterocycles. The van der Waals surface area contributed by atoms with Crippen LogP contribution in [0.4, 0.5) is 11.4 Å². The third-order valence-corrected chi connectivity index (χ3v) is 9.38. The van der Waals surface area contributed by atoms with Gasteiger partial charge in [0, 0.05) is 5.69 Å². The third kappa shape index (κ3) is 3.03. The van der Waals surface area contributed by atoms with Crippen LogP contribution in [0.25, 0.3) is 0 Å². The van der Waals surface area contributed by atoms with Crippen LogP contribution < -0.4 is 11.5 Å². The predicted octanol–water partition coefficient (Wildman–Crippen LogP) is 4.73. The average molecular weight is 564 g/mol. The Balaban J connectivity index is 2.80. The van der Waals surface area contributed by atoms with Gasteiger partial charge >= 0.3 is 0 Å². The van der Waals surface area contributed by atoms with Crippen LogP contribution in [0.5, 0.6) is 0 Å². The molecule has 4 N–H and O–H groups in total. The Labute approximate surface area is 155 Å². The Morgan fingerprint density at radius 1 is 0.762 bits per heavy atom. The second-order valence-electron chi connectivity index (χ2n) is 4.07. The highest BCUT2D eigenvalue weighted by Gasteiger charge is 2.28. The van der Waals surface area contributed by atoms with E-state index in [0.717, 1.165) is 0 Å². The van der Waals surface area contributed by atoms with Crippen molar-refractivity contribution in [1.29, 1.82) is 0 Å². The van der Waals surface area contributed by atoms with Crippen molar-refractivity contribution in [2.24, 2.45) is 0 Å². The first-order valence-electron chi connectivity index (χ1n) is 5.40. The molecule has 4 nitrogen and oxygen atoms in total. The quantitative estimate of drug-likeness (QED) is 0.409. The third-order valence-electron chi connectivity index (χ3n) is 2.72. The van der Waals surface area contributed by atoms with Crippen LogP contribution in [-0.2, 0) is 9.84 Å². The van der Waals surface area contributed by atoms with Crippen LogP contribution in [0.3, 0.4) is 0 Å². The van der Waals surface area contributed by atoms with Crippen molar-refractivity contribution in [3.8, 4) is 0 Å². The summed E-state index contributed by atoms with van der Waals surface area (Å²) in [6, 6.07) is 6.00. The minimum atomic E-state index is -3.74. The van der Waals surface area contributed by atoms with Gasteiger partial charge in [-0.2, -0.15) is 0 Å². The van der Waals surface area contributed by atoms with Crippen molar-refractivity contribution in [3.63, 3.8) is 0 Å². The first-order chi connectivity index (χ1) is 9.67. The molecule has 0 amide bonds. The number of hydrogen-bond donors (Lipinski definition) is 2. The molecule has 0 unspecified atom stereocenters. The fourth-order valence-corrected chi connectivity index (χ4v) is 6.73. The summed E-state index contributed by atoms with van der Waals surface area (Å²) < 4.78 is 27.3. The minimum absolute atomic E-state index is 0.0835. The van der Waals surface area contributed by atoms with E-state index in [2.05, 4.69) is 63.7 Å². The molecule has 0 fully saturated rings. The number of sulfone groups is 1. The van der Waals surface area contributed by atoms with Crippen molar-refractivity contribution in [1.82, 2.24) is 0 Å². The van der Waals surface area contributed by atoms with E-state index < -0.39 is 9.84 Å². The number of anilines is 2. The second-order valence-corrected chi connectivity index (χ2v) is 9.13. The molecule has 21 heavy (non-hydrogen) atoms. The number of nitrogen functional groups attached to an aromatic ring is 2. The summed E-state index contributed by atoms with van der Waals surface area (Å²) in [5, 5.41) is 0. The number of benzene rings is 2. The normalized spacial score (nSPS) is 11.6. The van der Waals surface area contributed by atoms with Gasteiger partial charge in [0.1, 0.15) is 4.90 Å². The largest absolute Gasteiger partial charge is 0.399 e. The fourth-order valence-electron chi connectivity index (χ4n) is 1.63. The zero-order valence-electron chi connectivity index (χ0n) is 10.2. The van der Waals surface area contributed by atoms with Crippen LogP contribution in [-0.4, -0.2) is 8.42 Å². The van der Waals surface area contributed by atoms with E-state index in [0.29, 0.717) is 29.3 Å². The molecule has 2 aromatic carbocycles. The van der Waals surface area contributed by atoms with Crippen LogP contribution in [0, 0.1) is 0 Å². The minimum Gasteiger partial charge on any atom is -0.399 e. The van der Waals surface area contributed by atoms with E-state index in [-0.39, 0.29) is 9.79 Å². The maximum absolute atomic E-state index is 12.8. The Bertz CT molecular complexity index is 791. The average Bonchev–Trinajstić information content (AvgIpc) is 2.43. The van der Waals surface area contributed by atoms with Crippen molar-refractivity contribution in [3.05, 3.63) is 42.2 Å². The summed E-state index contributed by atoms with van der Waals surface area (Å²) in [6.07, 6.45) is 0. The zero-order valence-corrected chi connectivity index (χ0v) is 17.4. The molecule has 2 rings (SSSR count). The molecule has 0 aliphatic rings. The van der Waals surface area contributed by atoms with Crippen molar-refractivity contribution >= 4 is 84.9 Å². The van der Waals surface area contributed by atoms with Gasteiger partial charge in [0.2, 0.25) is 9.84 Å². The van der Waals surface area contributed by atoms with E-state index >= 15 is 0 Å². The Morgan fingerprint density at radius 2 is 1.19 bits per heavy atom. The molecule has 0 atom stereocenters. The summed E-state index contributed by atoms with van der Waals surface area (Å²) in [7, 11) is -3.74. The summed E-state index contributed by atoms with van der Waals surface area (Å²) in [4.78, 5) is 0.224. The standard InChI is InChI=1S/C12H8Br4N2O2S/c13-7-9(15)12(10(16)8(14)11(7)18)21(19,20)6-3-1-5(17)2-4-6/h1-4H,17-18H2. The van der Waals surface area contributed by atoms with E-state index in [4.69, 9.17) is 11.5 Å². The smallest absolute Gasteiger partial charge is 0.208 e. The van der Waals surface area contributed by atoms with E-state index in [1.807, 2.05) is 0 Å². The molecule has 0 aliphatic heterocycles. The van der Waals surface area contributed by atoms with Gasteiger partial charge in [-0.15, -0.1) is 0 Å². The van der Waals surface area contributed by atoms with Crippen LogP contribution in [0.1, 0.15) is 0 Å². The molecular formula is C12H8Br4N2O2S. The first kappa shape index (κ1) is 17.3. The lowest BCUT2D eigenvalue weighted by Crippen LogP contribution is -2.06. The van der Waals surface area contributed by atoms with Crippen molar-refractivity contribution in [2.75, 3.05) is 11.5 Å². The number of hydrogen-bond acceptors (Lipinski definition) is 4. The van der Waals surface area contributed by atoms with Gasteiger partial charge in [0.25, 0.3) is 0 Å². The predicted molar refractivity (Wildman–Crippen MR) is 98.0 cm³/mol. The van der Waals surface area contributed by atoms with Gasteiger partial charge in [-0.25, -0.2) is 8.42 Å². The summed E-state index contributed by atoms with van der Waals surface area (Å²) >= 11 is 13.1. The lowest BCUT2D eigenvalue weighted by atomic mass is 10.3. The van der Waals surface area contributed by atoms with Gasteiger partial charge in [-0.05, 0) is 88.0 Å². The highest BCUT2D eigenvalue weighted by atomic mass is 79.9. The Morgan fingerprint density at radius 3 is 1.62 bits per heavy atom. The van der Waals surface area contributed by atoms with Gasteiger partial charge in [-0.3, -0.25) is 0 Å². The topological polar surface area (TPSA) is 86.2 Å². The van der Waals surface area contributed by atoms with Gasteiger partial charge in [0.15, 0.2) is 0 Å². The molecular weight excluding hydrogens is 556 g/mol. The first-order valence-corrected chi connectivity index (χ1v) is 10.1. The summed E-state index contributed by atoms with van der Waals surface area (Å²) in [5.41, 5.74) is 12.4. The second kappa shape index (κ2) is 6.19. The van der Waals surface area contributed by atoms with E-state index in [1.165, 1.54) is 24.3 Å². The molecule has 2 aromatic rings. The van der Waals surface area contributed by atoms with Gasteiger partial charge in [0.05, 0.1) is 28.5 Å². The lowest BCUT2D eigenvalue weighted by Gasteiger charge is -2.14. The molecule has 112 valence electrons. The molecule has 0 spiro atoms. The van der Waals surface area contributed by atoms with Crippen molar-refractivity contribution < 1.29 is 8.42 Å². The summed E-state index contributed by atoms with van der Waals surface area (Å²) in [6.45, 7) is 0. The highest BCUT2D eigenvalue weighted by Crippen LogP contribution is 2.46. The summed E-state index contributed by atoms with van der Waals surface area (Å²) in [5.74, 6) is 0. The van der Waals surface area contributed by atoms with Crippen LogP contribution in [0.15, 0.2) is 51.9 Å². The number of halogens is 4. The zero-order chi connectivity index (χ0) is 15.9. The SMILES string of the molecule is Nc1ccc(S(=O)(=O)c2c(Br)c(Br)c(N)c(Br)c2Br)cc1. The van der Waals surface area contributed by atoms with E-state index in [9.17, 15) is 8.42 Å². The maximum atomic E-state index is 12.8. The van der Waals surface area contributed by atoms with Crippen LogP contribution >= 0.6 is 63.7 Å². The molecule has 0 heterocycles. The number of rotatable bonds is 2. The molecule has 0 saturated heterocycles. The molecule has 9 heteroatoms. The van der Waals surface area contributed by atoms with Gasteiger partial charge < -0.3 is 11.5 Å². The molecule has 0 saturated carbocycles. The van der Waals surface area contributed by atoms with Crippen LogP contribution in [0.2, 0.25) is 0 Å². The van der Waals surface area contributed by atoms with E-state index in [1.54, 1.807) is 0 Å².